The summed E-state index contributed by atoms with van der Waals surface area (Å²) in [7, 11) is 1.91. The third kappa shape index (κ3) is 18.8. The average Bonchev–Trinajstić information content (AvgIpc) is 3.14. The maximum Gasteiger partial charge on any atom is 0.317 e. The zero-order valence-electron chi connectivity index (χ0n) is 33.0. The van der Waals surface area contributed by atoms with Crippen molar-refractivity contribution in [3.63, 3.8) is 0 Å². The number of ether oxygens (including phenoxy) is 4. The molecule has 3 aliphatic heterocycles. The lowest BCUT2D eigenvalue weighted by Gasteiger charge is -2.43. The summed E-state index contributed by atoms with van der Waals surface area (Å²) in [6, 6.07) is -0.974. The molecule has 0 radical (unpaired) electrons. The molecule has 320 valence electrons. The number of rotatable bonds is 21. The molecule has 0 aromatic carbocycles. The molecule has 2 atom stereocenters. The highest BCUT2D eigenvalue weighted by Crippen LogP contribution is 2.32. The lowest BCUT2D eigenvalue weighted by Crippen LogP contribution is -2.52. The van der Waals surface area contributed by atoms with Crippen LogP contribution >= 0.6 is 0 Å². The van der Waals surface area contributed by atoms with E-state index in [2.05, 4.69) is 16.0 Å². The number of nitrogens with one attached hydrogen (secondary N) is 3. The number of nitrogens with zero attached hydrogens (tertiary/aromatic N) is 3. The number of amides is 2. The minimum Gasteiger partial charge on any atom is -0.481 e. The molecule has 0 saturated carbocycles. The Balaban J connectivity index is 1.51. The highest BCUT2D eigenvalue weighted by Gasteiger charge is 2.41. The third-order valence-corrected chi connectivity index (χ3v) is 10.2. The molecule has 19 heteroatoms. The van der Waals surface area contributed by atoms with E-state index in [1.165, 1.54) is 6.92 Å². The van der Waals surface area contributed by atoms with Crippen molar-refractivity contribution < 1.29 is 63.0 Å². The first-order valence-corrected chi connectivity index (χ1v) is 19.8. The van der Waals surface area contributed by atoms with Crippen molar-refractivity contribution in [1.82, 2.24) is 30.7 Å². The van der Waals surface area contributed by atoms with E-state index in [4.69, 9.17) is 18.9 Å². The van der Waals surface area contributed by atoms with Gasteiger partial charge in [0.05, 0.1) is 51.5 Å². The van der Waals surface area contributed by atoms with Gasteiger partial charge >= 0.3 is 17.9 Å². The van der Waals surface area contributed by atoms with Crippen LogP contribution in [0.2, 0.25) is 0 Å². The Morgan fingerprint density at radius 1 is 0.696 bits per heavy atom. The first-order valence-electron chi connectivity index (χ1n) is 19.8. The molecular formula is C37H64N6O13. The van der Waals surface area contributed by atoms with Gasteiger partial charge < -0.3 is 55.0 Å². The molecule has 2 unspecified atom stereocenters. The number of carboxylic acids is 3. The van der Waals surface area contributed by atoms with Gasteiger partial charge in [-0.1, -0.05) is 0 Å². The molecule has 0 aromatic heterocycles. The molecule has 0 bridgehead atoms. The summed E-state index contributed by atoms with van der Waals surface area (Å²) in [5, 5.41) is 37.1. The molecule has 0 aromatic rings. The summed E-state index contributed by atoms with van der Waals surface area (Å²) >= 11 is 0. The normalized spacial score (nSPS) is 25.4. The van der Waals surface area contributed by atoms with Gasteiger partial charge in [-0.15, -0.1) is 0 Å². The van der Waals surface area contributed by atoms with E-state index in [9.17, 15) is 44.1 Å². The molecular weight excluding hydrogens is 736 g/mol. The summed E-state index contributed by atoms with van der Waals surface area (Å²) in [4.78, 5) is 78.4. The maximum absolute atomic E-state index is 13.4. The first kappa shape index (κ1) is 47.1. The second-order valence-electron chi connectivity index (χ2n) is 15.3. The van der Waals surface area contributed by atoms with Crippen LogP contribution in [-0.2, 0) is 47.7 Å². The summed E-state index contributed by atoms with van der Waals surface area (Å²) in [5.41, 5.74) is -0.348. The van der Waals surface area contributed by atoms with Gasteiger partial charge in [-0.2, -0.15) is 0 Å². The van der Waals surface area contributed by atoms with E-state index in [1.807, 2.05) is 7.05 Å². The van der Waals surface area contributed by atoms with Crippen molar-refractivity contribution in [2.45, 2.75) is 83.3 Å². The van der Waals surface area contributed by atoms with Crippen LogP contribution < -0.4 is 16.0 Å². The van der Waals surface area contributed by atoms with Crippen LogP contribution in [0.4, 0.5) is 0 Å². The summed E-state index contributed by atoms with van der Waals surface area (Å²) in [6.07, 6.45) is 3.06. The second-order valence-corrected chi connectivity index (χ2v) is 15.3. The molecule has 1 spiro atoms. The molecule has 3 heterocycles. The number of carboxylic acid groups (broad SMARTS) is 3. The number of aliphatic carboxylic acids is 3. The number of ketones is 1. The summed E-state index contributed by atoms with van der Waals surface area (Å²) < 4.78 is 23.8. The van der Waals surface area contributed by atoms with Crippen molar-refractivity contribution in [2.75, 3.05) is 105 Å². The fraction of sp³-hybridized carbons (Fsp3) is 0.838. The number of hydrogen-bond donors (Lipinski definition) is 6. The fourth-order valence-corrected chi connectivity index (χ4v) is 6.95. The minimum atomic E-state index is -1.05. The molecule has 0 aliphatic carbocycles. The van der Waals surface area contributed by atoms with E-state index in [0.717, 1.165) is 19.4 Å². The quantitative estimate of drug-likeness (QED) is 0.0796. The lowest BCUT2D eigenvalue weighted by molar-refractivity contribution is -0.304. The Labute approximate surface area is 329 Å². The predicted octanol–water partition coefficient (Wildman–Crippen LogP) is -0.571. The summed E-state index contributed by atoms with van der Waals surface area (Å²) in [5.74, 6) is -4.38. The molecule has 19 nitrogen and oxygen atoms in total. The van der Waals surface area contributed by atoms with Gasteiger partial charge in [0.1, 0.15) is 11.8 Å². The molecule has 3 fully saturated rings. The summed E-state index contributed by atoms with van der Waals surface area (Å²) in [6.45, 7) is 5.50. The van der Waals surface area contributed by atoms with Gasteiger partial charge in [-0.3, -0.25) is 38.7 Å². The Morgan fingerprint density at radius 3 is 1.64 bits per heavy atom. The van der Waals surface area contributed by atoms with Crippen LogP contribution in [-0.4, -0.2) is 190 Å². The third-order valence-electron chi connectivity index (χ3n) is 10.2. The Hall–Kier alpha value is -3.30. The SMILES string of the molecule is CNCCCC1OCC2(CO1)COC(CCCNC(=O)C(CCC(C)=O)NC(=O)CN1CCC(CC(=O)O)CCN(CC(=O)O)CCN(CC(=O)O)CC1)OC2. The van der Waals surface area contributed by atoms with Gasteiger partial charge in [-0.25, -0.2) is 0 Å². The topological polar surface area (TPSA) is 246 Å². The molecule has 6 N–H and O–H groups in total. The number of carbonyl (C=O) groups is 6. The zero-order valence-corrected chi connectivity index (χ0v) is 33.0. The van der Waals surface area contributed by atoms with Crippen LogP contribution in [0.15, 0.2) is 0 Å². The fourth-order valence-electron chi connectivity index (χ4n) is 6.95. The standard InChI is InChI=1S/C37H64N6O13/c1-27(44)7-8-29(36(52)39-12-4-6-35-55-25-37(26-56-35)23-53-34(54-24-37)5-3-11-38-2)40-30(45)20-41-13-9-28(19-31(46)47)10-14-42(21-32(48)49)16-18-43(17-15-41)22-33(50)51/h28-29,34-35,38H,3-26H2,1-2H3,(H,39,52)(H,40,45)(H,46,47)(H,48,49)(H,50,51). The van der Waals surface area contributed by atoms with Gasteiger partial charge in [-0.05, 0) is 78.0 Å². The molecule has 3 rings (SSSR count). The van der Waals surface area contributed by atoms with Gasteiger partial charge in [0, 0.05) is 52.0 Å². The van der Waals surface area contributed by atoms with E-state index in [0.29, 0.717) is 71.7 Å². The molecule has 3 saturated heterocycles. The van der Waals surface area contributed by atoms with Crippen LogP contribution in [0.1, 0.15) is 64.7 Å². The Morgan fingerprint density at radius 2 is 1.18 bits per heavy atom. The molecule has 2 amide bonds. The highest BCUT2D eigenvalue weighted by atomic mass is 16.7. The van der Waals surface area contributed by atoms with Crippen molar-refractivity contribution in [3.05, 3.63) is 0 Å². The maximum atomic E-state index is 13.4. The molecule has 56 heavy (non-hydrogen) atoms. The van der Waals surface area contributed by atoms with Crippen LogP contribution in [0.3, 0.4) is 0 Å². The van der Waals surface area contributed by atoms with E-state index in [1.54, 1.807) is 14.7 Å². The first-order chi connectivity index (χ1) is 26.8. The highest BCUT2D eigenvalue weighted by molar-refractivity contribution is 5.89. The lowest BCUT2D eigenvalue weighted by atomic mass is 9.90. The van der Waals surface area contributed by atoms with Crippen molar-refractivity contribution >= 4 is 35.5 Å². The van der Waals surface area contributed by atoms with Crippen molar-refractivity contribution in [1.29, 1.82) is 0 Å². The van der Waals surface area contributed by atoms with Gasteiger partial charge in [0.2, 0.25) is 11.8 Å². The second kappa shape index (κ2) is 25.1. The Kier molecular flexibility index (Phi) is 21.1. The van der Waals surface area contributed by atoms with Crippen LogP contribution in [0.5, 0.6) is 0 Å². The van der Waals surface area contributed by atoms with E-state index < -0.39 is 42.1 Å². The predicted molar refractivity (Wildman–Crippen MR) is 201 cm³/mol. The largest absolute Gasteiger partial charge is 0.481 e. The molecule has 3 aliphatic rings. The zero-order chi connectivity index (χ0) is 40.9. The van der Waals surface area contributed by atoms with Crippen LogP contribution in [0.25, 0.3) is 0 Å². The van der Waals surface area contributed by atoms with Crippen LogP contribution in [0, 0.1) is 11.3 Å². The van der Waals surface area contributed by atoms with E-state index >= 15 is 0 Å². The Bertz CT molecular complexity index is 1230. The van der Waals surface area contributed by atoms with Crippen molar-refractivity contribution in [3.8, 4) is 0 Å². The van der Waals surface area contributed by atoms with Crippen molar-refractivity contribution in [2.24, 2.45) is 11.3 Å². The number of carbonyl (C=O) groups excluding carboxylic acids is 3. The van der Waals surface area contributed by atoms with Gasteiger partial charge in [0.15, 0.2) is 12.6 Å². The minimum absolute atomic E-state index is 0.0810. The number of Topliss-reactive ketones (excluding diaryl/α,β-unsaturated/α-hetero) is 1. The number of hydrogen-bond acceptors (Lipinski definition) is 14. The monoisotopic (exact) mass is 800 g/mol. The average molecular weight is 801 g/mol. The van der Waals surface area contributed by atoms with E-state index in [-0.39, 0.29) is 88.5 Å². The van der Waals surface area contributed by atoms with Gasteiger partial charge in [0.25, 0.3) is 0 Å². The smallest absolute Gasteiger partial charge is 0.317 e.